The predicted octanol–water partition coefficient (Wildman–Crippen LogP) is 2.08. The maximum atomic E-state index is 12.2. The highest BCUT2D eigenvalue weighted by atomic mass is 32.1. The molecule has 0 spiro atoms. The van der Waals surface area contributed by atoms with E-state index in [0.717, 1.165) is 5.69 Å². The molecule has 0 radical (unpaired) electrons. The van der Waals surface area contributed by atoms with Crippen LogP contribution in [0.1, 0.15) is 28.7 Å². The molecule has 8 nitrogen and oxygen atoms in total. The number of esters is 1. The lowest BCUT2D eigenvalue weighted by Gasteiger charge is -2.06. The Balaban J connectivity index is 2.00. The topological polar surface area (TPSA) is 87.7 Å². The summed E-state index contributed by atoms with van der Waals surface area (Å²) < 4.78 is 13.6. The van der Waals surface area contributed by atoms with Crippen molar-refractivity contribution in [2.75, 3.05) is 6.61 Å². The highest BCUT2D eigenvalue weighted by Crippen LogP contribution is 2.26. The van der Waals surface area contributed by atoms with Crippen LogP contribution in [0.5, 0.6) is 11.8 Å². The molecule has 126 valence electrons. The van der Waals surface area contributed by atoms with Crippen molar-refractivity contribution in [1.29, 1.82) is 0 Å². The van der Waals surface area contributed by atoms with Gasteiger partial charge in [0.25, 0.3) is 5.56 Å². The zero-order chi connectivity index (χ0) is 17.4. The van der Waals surface area contributed by atoms with E-state index in [1.807, 2.05) is 12.3 Å². The number of aromatic nitrogens is 4. The lowest BCUT2D eigenvalue weighted by Crippen LogP contribution is -2.13. The van der Waals surface area contributed by atoms with Crippen LogP contribution in [0.4, 0.5) is 0 Å². The molecule has 0 unspecified atom stereocenters. The van der Waals surface area contributed by atoms with E-state index in [1.165, 1.54) is 26.5 Å². The van der Waals surface area contributed by atoms with Crippen LogP contribution in [0, 0.1) is 13.8 Å². The molecule has 0 fully saturated rings. The molecule has 0 saturated carbocycles. The van der Waals surface area contributed by atoms with Crippen molar-refractivity contribution in [3.8, 4) is 11.8 Å². The van der Waals surface area contributed by atoms with Gasteiger partial charge in [-0.1, -0.05) is 0 Å². The van der Waals surface area contributed by atoms with Gasteiger partial charge in [0.15, 0.2) is 10.7 Å². The first-order valence-electron chi connectivity index (χ1n) is 7.28. The molecule has 0 aliphatic rings. The van der Waals surface area contributed by atoms with Crippen LogP contribution < -0.4 is 10.3 Å². The summed E-state index contributed by atoms with van der Waals surface area (Å²) in [6.45, 7) is 5.53. The van der Waals surface area contributed by atoms with Crippen LogP contribution in [0.2, 0.25) is 0 Å². The molecule has 0 aromatic carbocycles. The lowest BCUT2D eigenvalue weighted by atomic mass is 10.3. The van der Waals surface area contributed by atoms with Crippen molar-refractivity contribution in [3.63, 3.8) is 0 Å². The van der Waals surface area contributed by atoms with Crippen molar-refractivity contribution in [1.82, 2.24) is 19.2 Å². The molecule has 0 amide bonds. The van der Waals surface area contributed by atoms with Crippen LogP contribution in [-0.2, 0) is 11.8 Å². The van der Waals surface area contributed by atoms with E-state index in [0.29, 0.717) is 16.4 Å². The Morgan fingerprint density at radius 3 is 2.83 bits per heavy atom. The average Bonchev–Trinajstić information content (AvgIpc) is 3.03. The van der Waals surface area contributed by atoms with Crippen molar-refractivity contribution < 1.29 is 14.3 Å². The minimum absolute atomic E-state index is 0.156. The summed E-state index contributed by atoms with van der Waals surface area (Å²) in [6.07, 6.45) is 0. The third kappa shape index (κ3) is 2.67. The van der Waals surface area contributed by atoms with E-state index in [-0.39, 0.29) is 23.7 Å². The van der Waals surface area contributed by atoms with Crippen LogP contribution in [0.25, 0.3) is 4.96 Å². The Kier molecular flexibility index (Phi) is 4.10. The fraction of sp³-hybridized carbons (Fsp3) is 0.333. The molecule has 3 aromatic heterocycles. The van der Waals surface area contributed by atoms with Gasteiger partial charge >= 0.3 is 5.97 Å². The molecule has 0 N–H and O–H groups in total. The van der Waals surface area contributed by atoms with E-state index in [9.17, 15) is 9.59 Å². The average molecular weight is 348 g/mol. The minimum Gasteiger partial charge on any atom is -0.461 e. The molecule has 3 aromatic rings. The van der Waals surface area contributed by atoms with Gasteiger partial charge < -0.3 is 9.47 Å². The maximum Gasteiger partial charge on any atom is 0.359 e. The Bertz CT molecular complexity index is 985. The number of ether oxygens (including phenoxy) is 2. The normalized spacial score (nSPS) is 11.0. The Labute approximate surface area is 141 Å². The molecule has 0 atom stereocenters. The second-order valence-electron chi connectivity index (χ2n) is 5.15. The van der Waals surface area contributed by atoms with Gasteiger partial charge in [0.05, 0.1) is 12.7 Å². The number of hydrogen-bond acceptors (Lipinski definition) is 7. The first-order chi connectivity index (χ1) is 11.4. The van der Waals surface area contributed by atoms with Crippen molar-refractivity contribution in [3.05, 3.63) is 38.8 Å². The first kappa shape index (κ1) is 16.2. The van der Waals surface area contributed by atoms with E-state index >= 15 is 0 Å². The van der Waals surface area contributed by atoms with Gasteiger partial charge in [0.2, 0.25) is 11.8 Å². The Morgan fingerprint density at radius 2 is 2.12 bits per heavy atom. The number of hydrogen-bond donors (Lipinski definition) is 0. The summed E-state index contributed by atoms with van der Waals surface area (Å²) >= 11 is 1.35. The summed E-state index contributed by atoms with van der Waals surface area (Å²) in [6, 6.07) is 1.31. The van der Waals surface area contributed by atoms with E-state index < -0.39 is 5.97 Å². The van der Waals surface area contributed by atoms with Gasteiger partial charge in [-0.15, -0.1) is 11.3 Å². The zero-order valence-electron chi connectivity index (χ0n) is 13.7. The molecule has 24 heavy (non-hydrogen) atoms. The molecular formula is C15H16N4O4S. The minimum atomic E-state index is -0.516. The second kappa shape index (κ2) is 6.08. The summed E-state index contributed by atoms with van der Waals surface area (Å²) in [5.74, 6) is -0.0243. The molecule has 0 aliphatic heterocycles. The number of thiazole rings is 1. The predicted molar refractivity (Wildman–Crippen MR) is 88.1 cm³/mol. The summed E-state index contributed by atoms with van der Waals surface area (Å²) in [7, 11) is 1.64. The molecule has 3 heterocycles. The first-order valence-corrected chi connectivity index (χ1v) is 8.16. The summed E-state index contributed by atoms with van der Waals surface area (Å²) in [4.78, 5) is 29.0. The van der Waals surface area contributed by atoms with E-state index in [1.54, 1.807) is 20.9 Å². The monoisotopic (exact) mass is 348 g/mol. The van der Waals surface area contributed by atoms with Crippen LogP contribution >= 0.6 is 11.3 Å². The van der Waals surface area contributed by atoms with E-state index in [2.05, 4.69) is 10.1 Å². The van der Waals surface area contributed by atoms with Crippen molar-refractivity contribution in [2.45, 2.75) is 20.8 Å². The number of carbonyl (C=O) groups excluding carboxylic acids is 1. The summed E-state index contributed by atoms with van der Waals surface area (Å²) in [5, 5.41) is 5.97. The van der Waals surface area contributed by atoms with E-state index in [4.69, 9.17) is 9.47 Å². The largest absolute Gasteiger partial charge is 0.461 e. The number of fused-ring (bicyclic) bond motifs is 1. The third-order valence-corrected chi connectivity index (χ3v) is 4.39. The highest BCUT2D eigenvalue weighted by molar-refractivity contribution is 7.15. The molecule has 0 saturated heterocycles. The number of rotatable bonds is 4. The van der Waals surface area contributed by atoms with Gasteiger partial charge in [-0.05, 0) is 20.8 Å². The molecule has 0 aliphatic carbocycles. The van der Waals surface area contributed by atoms with Gasteiger partial charge in [0.1, 0.15) is 0 Å². The molecule has 0 bridgehead atoms. The second-order valence-corrected chi connectivity index (χ2v) is 5.99. The zero-order valence-corrected chi connectivity index (χ0v) is 14.5. The van der Waals surface area contributed by atoms with Crippen LogP contribution in [0.3, 0.4) is 0 Å². The van der Waals surface area contributed by atoms with Gasteiger partial charge in [-0.3, -0.25) is 9.20 Å². The standard InChI is InChI=1S/C15H16N4O4S/c1-5-22-14(21)12-9(3)13(18(4)17-12)23-10-6-11(20)19-8(2)7-24-15(19)16-10/h6-7H,5H2,1-4H3. The van der Waals surface area contributed by atoms with Crippen LogP contribution in [0.15, 0.2) is 16.2 Å². The fourth-order valence-electron chi connectivity index (χ4n) is 2.34. The third-order valence-electron chi connectivity index (χ3n) is 3.44. The number of aryl methyl sites for hydroxylation is 2. The number of nitrogens with zero attached hydrogens (tertiary/aromatic N) is 4. The quantitative estimate of drug-likeness (QED) is 0.671. The Hall–Kier alpha value is -2.68. The van der Waals surface area contributed by atoms with Crippen molar-refractivity contribution >= 4 is 22.3 Å². The lowest BCUT2D eigenvalue weighted by molar-refractivity contribution is 0.0517. The molecule has 3 rings (SSSR count). The highest BCUT2D eigenvalue weighted by Gasteiger charge is 2.22. The Morgan fingerprint density at radius 1 is 1.38 bits per heavy atom. The van der Waals surface area contributed by atoms with Crippen molar-refractivity contribution in [2.24, 2.45) is 7.05 Å². The fourth-order valence-corrected chi connectivity index (χ4v) is 3.20. The SMILES string of the molecule is CCOC(=O)c1nn(C)c(Oc2cc(=O)n3c(C)csc3n2)c1C. The van der Waals surface area contributed by atoms with Gasteiger partial charge in [-0.25, -0.2) is 9.48 Å². The molecular weight excluding hydrogens is 332 g/mol. The summed E-state index contributed by atoms with van der Waals surface area (Å²) in [5.41, 5.74) is 1.30. The van der Waals surface area contributed by atoms with Gasteiger partial charge in [0, 0.05) is 23.7 Å². The smallest absolute Gasteiger partial charge is 0.359 e. The maximum absolute atomic E-state index is 12.2. The number of carbonyl (C=O) groups is 1. The van der Waals surface area contributed by atoms with Gasteiger partial charge in [-0.2, -0.15) is 10.1 Å². The van der Waals surface area contributed by atoms with Crippen LogP contribution in [-0.4, -0.2) is 31.7 Å². The molecule has 9 heteroatoms.